The fourth-order valence-electron chi connectivity index (χ4n) is 35.5. The van der Waals surface area contributed by atoms with E-state index in [9.17, 15) is 49.7 Å². The highest BCUT2D eigenvalue weighted by Gasteiger charge is 2.68. The fraction of sp³-hybridized carbons (Fsp3) is 0.848. The normalized spacial score (nSPS) is 46.2. The number of carbonyl (C=O) groups is 4. The van der Waals surface area contributed by atoms with Gasteiger partial charge in [0.25, 0.3) is 0 Å². The average molecular weight is 1740 g/mol. The molecule has 0 aromatic carbocycles. The SMILES string of the molecule is CCOc1cnn(CC(=O)[C@H]2CC[C@H]3[C@@H]4CC[C@@H]5C[C@](C)(O)CC[C@]5(C)[C@H]4CC[C@]23C)c1.COC[C@@]1(O)CC[C@@]2(C)[C@@H](CC[C@@H]3[C@@H]2CC[C@]2(C)[C@@H](C(=O)Cn4cc(C)cn4)CC[C@@H]32)C1.C[C@@]1(O)CC[C@@]2(C)[C@H](CC[C@@H]3[C@@H]2CC[C@]2(C)[C@@H](C(=O)Cn4cc([N+](=O)[O-])cn4)CC[C@@H]32)C1.Cc1nccn1CC(=O)[C@H]1CC[C@H]2[C@@H]3CC[C@@H]4C[C@](C)(O)CC[C@]4(C)[C@H]3CC[C@]12C. The fourth-order valence-corrected chi connectivity index (χ4v) is 35.5. The molecule has 698 valence electrons. The number of aryl methyl sites for hydroxylation is 2. The minimum atomic E-state index is -0.634. The number of ketones is 4. The van der Waals surface area contributed by atoms with E-state index in [1.807, 2.05) is 75.6 Å². The zero-order valence-corrected chi connectivity index (χ0v) is 79.9. The van der Waals surface area contributed by atoms with E-state index in [4.69, 9.17) is 9.47 Å². The molecule has 4 N–H and O–H groups in total. The second-order valence-electron chi connectivity index (χ2n) is 48.9. The van der Waals surface area contributed by atoms with E-state index in [2.05, 4.69) is 75.7 Å². The first-order chi connectivity index (χ1) is 59.5. The monoisotopic (exact) mass is 1740 g/mol. The van der Waals surface area contributed by atoms with Crippen LogP contribution in [0.25, 0.3) is 0 Å². The molecule has 21 heteroatoms. The Balaban J connectivity index is 0.000000119. The van der Waals surface area contributed by atoms with E-state index in [-0.39, 0.29) is 63.3 Å². The predicted molar refractivity (Wildman–Crippen MR) is 486 cm³/mol. The molecule has 20 rings (SSSR count). The summed E-state index contributed by atoms with van der Waals surface area (Å²) in [5, 5.41) is 66.9. The van der Waals surface area contributed by atoms with Crippen molar-refractivity contribution >= 4 is 28.8 Å². The Morgan fingerprint density at radius 1 is 0.413 bits per heavy atom. The summed E-state index contributed by atoms with van der Waals surface area (Å²) in [4.78, 5) is 68.3. The number of nitrogens with zero attached hydrogens (tertiary/aromatic N) is 9. The summed E-state index contributed by atoms with van der Waals surface area (Å²) >= 11 is 0. The molecule has 4 aromatic heterocycles. The molecule has 0 spiro atoms. The second-order valence-corrected chi connectivity index (χ2v) is 48.9. The molecule has 4 aromatic rings. The number of nitro groups is 1. The van der Waals surface area contributed by atoms with Crippen LogP contribution in [0.15, 0.2) is 49.6 Å². The van der Waals surface area contributed by atoms with Crippen molar-refractivity contribution in [3.63, 3.8) is 0 Å². The summed E-state index contributed by atoms with van der Waals surface area (Å²) in [6, 6.07) is 0. The molecule has 16 saturated carbocycles. The lowest BCUT2D eigenvalue weighted by Crippen LogP contribution is -2.56. The van der Waals surface area contributed by atoms with Crippen molar-refractivity contribution in [3.05, 3.63) is 71.1 Å². The van der Waals surface area contributed by atoms with E-state index in [0.29, 0.717) is 131 Å². The Hall–Kier alpha value is -5.48. The standard InChI is InChI=1S/2C27H42N2O3.C26H40N2O2.C25H37N3O4/c1-18-14-28-29(15-18)16-24(30)23-8-7-21-20-6-5-19-13-27(31,17-32-4)12-11-25(19,2)22(20)9-10-26(21,23)3;1-5-32-19-15-28-29(16-19)17-24(30)23-9-8-21-20-7-6-18-14-25(2,31)12-13-26(18,3)22(20)10-11-27(21,23)4;1-17-27-13-14-28(17)16-23(29)22-8-7-20-19-6-5-18-15-24(2,30)11-12-25(18,3)21(19)9-10-26(20,22)4;1-23(30)10-11-24(2)16(12-23)4-5-18-19-6-7-21(25(19,3)9-8-20(18)24)22(29)15-27-14-17(13-26-27)28(31)32/h14-15,19-23,31H,5-13,16-17H2,1-4H3;15-16,18,20-23,31H,5-14,17H2,1-4H3;13-14,18-22,30H,5-12,15-16H2,1-4H3;13-14,16,18-21,30H,4-12,15H2,1-3H3/t19-,20-,21-,22-,23+,25-,26-,27+;18-,20+,21+,22+,23-,25-,26+,27+;18-,19+,20+,21+,22-,24-,25+,26+;16-,18+,19+,20+,21-,23-,24+,25+/m0111/s1. The molecule has 16 aliphatic rings. The Kier molecular flexibility index (Phi) is 25.1. The van der Waals surface area contributed by atoms with E-state index in [0.717, 1.165) is 155 Å². The number of fused-ring (bicyclic) bond motifs is 20. The molecule has 0 amide bonds. The van der Waals surface area contributed by atoms with Crippen LogP contribution in [-0.4, -0.2) is 130 Å². The van der Waals surface area contributed by atoms with Gasteiger partial charge < -0.3 is 34.5 Å². The van der Waals surface area contributed by atoms with Crippen molar-refractivity contribution in [2.75, 3.05) is 20.3 Å². The molecule has 32 atom stereocenters. The van der Waals surface area contributed by atoms with Gasteiger partial charge >= 0.3 is 5.69 Å². The summed E-state index contributed by atoms with van der Waals surface area (Å²) in [7, 11) is 1.70. The summed E-state index contributed by atoms with van der Waals surface area (Å²) in [6.07, 6.45) is 54.3. The lowest BCUT2D eigenvalue weighted by atomic mass is 9.44. The van der Waals surface area contributed by atoms with Crippen molar-refractivity contribution in [2.24, 2.45) is 162 Å². The first-order valence-electron chi connectivity index (χ1n) is 50.8. The number of imidazole rings is 1. The summed E-state index contributed by atoms with van der Waals surface area (Å²) in [5.41, 5.74) is 0.883. The highest BCUT2D eigenvalue weighted by atomic mass is 16.6. The number of aliphatic hydroxyl groups is 4. The predicted octanol–water partition coefficient (Wildman–Crippen LogP) is 20.0. The number of ether oxygens (including phenoxy) is 2. The molecule has 0 saturated heterocycles. The Morgan fingerprint density at radius 3 is 1.10 bits per heavy atom. The number of aromatic nitrogens is 8. The third-order valence-corrected chi connectivity index (χ3v) is 42.4. The minimum absolute atomic E-state index is 0.0225. The van der Waals surface area contributed by atoms with E-state index in [1.165, 1.54) is 145 Å². The summed E-state index contributed by atoms with van der Waals surface area (Å²) < 4.78 is 17.9. The van der Waals surface area contributed by atoms with Crippen LogP contribution in [0.1, 0.15) is 326 Å². The van der Waals surface area contributed by atoms with Crippen LogP contribution in [0.2, 0.25) is 0 Å². The van der Waals surface area contributed by atoms with Crippen molar-refractivity contribution in [1.82, 2.24) is 38.9 Å². The highest BCUT2D eigenvalue weighted by molar-refractivity contribution is 5.84. The first-order valence-corrected chi connectivity index (χ1v) is 50.8. The number of Topliss-reactive ketones (excluding diaryl/α,β-unsaturated/α-hetero) is 4. The zero-order valence-electron chi connectivity index (χ0n) is 79.9. The zero-order chi connectivity index (χ0) is 89.7. The topological polar surface area (TPSA) is 282 Å². The smallest absolute Gasteiger partial charge is 0.307 e. The van der Waals surface area contributed by atoms with Crippen LogP contribution in [0, 0.1) is 186 Å². The largest absolute Gasteiger partial charge is 0.491 e. The number of rotatable bonds is 17. The lowest BCUT2D eigenvalue weighted by molar-refractivity contribution is -0.385. The third kappa shape index (κ3) is 16.5. The molecule has 16 fully saturated rings. The van der Waals surface area contributed by atoms with Crippen LogP contribution in [0.5, 0.6) is 5.75 Å². The average Bonchev–Trinajstić information content (AvgIpc) is 1.39. The van der Waals surface area contributed by atoms with Gasteiger partial charge in [-0.1, -0.05) is 55.4 Å². The first kappa shape index (κ1) is 92.4. The number of methoxy groups -OCH3 is 1. The van der Waals surface area contributed by atoms with E-state index >= 15 is 0 Å². The van der Waals surface area contributed by atoms with E-state index < -0.39 is 27.3 Å². The highest BCUT2D eigenvalue weighted by Crippen LogP contribution is 2.74. The maximum Gasteiger partial charge on any atom is 0.307 e. The summed E-state index contributed by atoms with van der Waals surface area (Å²) in [5.74, 6) is 14.8. The minimum Gasteiger partial charge on any atom is -0.491 e. The van der Waals surface area contributed by atoms with Crippen molar-refractivity contribution in [1.29, 1.82) is 0 Å². The van der Waals surface area contributed by atoms with Gasteiger partial charge in [-0.25, -0.2) is 4.98 Å². The van der Waals surface area contributed by atoms with Crippen LogP contribution in [-0.2, 0) is 50.1 Å². The van der Waals surface area contributed by atoms with E-state index in [1.54, 1.807) is 24.2 Å². The molecule has 0 radical (unpaired) electrons. The van der Waals surface area contributed by atoms with Crippen molar-refractivity contribution in [3.8, 4) is 5.75 Å². The van der Waals surface area contributed by atoms with Gasteiger partial charge in [0.1, 0.15) is 24.8 Å². The number of carbonyl (C=O) groups excluding carboxylic acids is 4. The maximum atomic E-state index is 13.4. The molecule has 126 heavy (non-hydrogen) atoms. The van der Waals surface area contributed by atoms with Crippen LogP contribution < -0.4 is 4.74 Å². The van der Waals surface area contributed by atoms with Gasteiger partial charge in [0, 0.05) is 49.4 Å². The second kappa shape index (κ2) is 34.2. The molecule has 0 unspecified atom stereocenters. The van der Waals surface area contributed by atoms with Gasteiger partial charge in [-0.15, -0.1) is 0 Å². The molecule has 16 aliphatic carbocycles. The summed E-state index contributed by atoms with van der Waals surface area (Å²) in [6.45, 7) is 34.3. The number of hydrogen-bond donors (Lipinski definition) is 4. The molecule has 0 aliphatic heterocycles. The van der Waals surface area contributed by atoms with Gasteiger partial charge in [0.15, 0.2) is 28.9 Å². The van der Waals surface area contributed by atoms with Gasteiger partial charge in [-0.05, 0) is 416 Å². The maximum absolute atomic E-state index is 13.4. The third-order valence-electron chi connectivity index (χ3n) is 42.4. The Labute approximate surface area is 753 Å². The van der Waals surface area contributed by atoms with Crippen molar-refractivity contribution < 1.29 is 54.0 Å². The quantitative estimate of drug-likeness (QED) is 0.0564. The Morgan fingerprint density at radius 2 is 0.754 bits per heavy atom. The Bertz CT molecular complexity index is 4610. The molecular weight excluding hydrogens is 1580 g/mol. The molecular formula is C105H161N9O12. The van der Waals surface area contributed by atoms with Gasteiger partial charge in [0.05, 0.1) is 78.8 Å². The van der Waals surface area contributed by atoms with Crippen molar-refractivity contribution in [2.45, 2.75) is 377 Å². The van der Waals surface area contributed by atoms with Gasteiger partial charge in [-0.2, -0.15) is 15.3 Å². The molecule has 0 bridgehead atoms. The molecule has 21 nitrogen and oxygen atoms in total. The van der Waals surface area contributed by atoms with Crippen LogP contribution in [0.4, 0.5) is 5.69 Å². The van der Waals surface area contributed by atoms with Gasteiger partial charge in [0.2, 0.25) is 0 Å². The van der Waals surface area contributed by atoms with Crippen LogP contribution >= 0.6 is 0 Å². The lowest BCUT2D eigenvalue weighted by Gasteiger charge is -2.62. The van der Waals surface area contributed by atoms with Crippen LogP contribution in [0.3, 0.4) is 0 Å². The number of hydrogen-bond acceptors (Lipinski definition) is 16. The van der Waals surface area contributed by atoms with Gasteiger partial charge in [-0.3, -0.25) is 43.3 Å². The molecule has 4 heterocycles.